The Hall–Kier alpha value is -2.26. The largest absolute Gasteiger partial charge is 0.390 e. The lowest BCUT2D eigenvalue weighted by Crippen LogP contribution is -2.71. The molecule has 6 nitrogen and oxygen atoms in total. The SMILES string of the molecule is C[C@H](c1ccccc1)[C@@H]1O[C@@H]2C[C@H]3C4C[C@H](F)C5=CC(=O)C=C[C@]5(C)[C@@]4(F)[C@@H](O)C[C@]3(C)[C@]2(C(=O)CO)O1. The Labute approximate surface area is 220 Å². The van der Waals surface area contributed by atoms with Gasteiger partial charge < -0.3 is 19.7 Å². The summed E-state index contributed by atoms with van der Waals surface area (Å²) >= 11 is 0. The second-order valence-electron chi connectivity index (χ2n) is 12.2. The molecule has 1 saturated heterocycles. The van der Waals surface area contributed by atoms with Gasteiger partial charge in [-0.15, -0.1) is 0 Å². The number of allylic oxidation sites excluding steroid dienone is 4. The van der Waals surface area contributed by atoms with E-state index in [0.717, 1.165) is 11.6 Å². The Kier molecular flexibility index (Phi) is 5.72. The van der Waals surface area contributed by atoms with Crippen molar-refractivity contribution < 1.29 is 38.1 Å². The fourth-order valence-corrected chi connectivity index (χ4v) is 8.73. The zero-order valence-corrected chi connectivity index (χ0v) is 21.8. The minimum atomic E-state index is -2.26. The average Bonchev–Trinajstić information content (AvgIpc) is 3.40. The van der Waals surface area contributed by atoms with Crippen LogP contribution in [0.15, 0.2) is 54.1 Å². The first-order valence-electron chi connectivity index (χ1n) is 13.4. The molecule has 3 saturated carbocycles. The number of carbonyl (C=O) groups is 2. The Morgan fingerprint density at radius 2 is 1.89 bits per heavy atom. The lowest BCUT2D eigenvalue weighted by Gasteiger charge is -2.63. The maximum atomic E-state index is 17.4. The van der Waals surface area contributed by atoms with Gasteiger partial charge in [-0.2, -0.15) is 0 Å². The molecule has 38 heavy (non-hydrogen) atoms. The molecule has 1 heterocycles. The number of Topliss-reactive ketones (excluding diaryl/α,β-unsaturated/α-hetero) is 1. The standard InChI is InChI=1S/C30H34F2O6/c1-16(17-7-5-4-6-8-17)26-37-25-13-19-20-12-22(31)21-11-18(34)9-10-27(21,2)29(20,32)23(35)14-28(19,3)30(25,38-26)24(36)15-33/h4-11,16,19-20,22-23,25-26,33,35H,12-15H2,1-3H3/t16-,19+,20?,22+,23+,25-,26-,27+,28+,29+,30-/m1/s1. The highest BCUT2D eigenvalue weighted by Gasteiger charge is 2.80. The van der Waals surface area contributed by atoms with Gasteiger partial charge in [0.15, 0.2) is 29.1 Å². The third-order valence-corrected chi connectivity index (χ3v) is 10.7. The van der Waals surface area contributed by atoms with Crippen molar-refractivity contribution in [2.45, 2.75) is 81.9 Å². The van der Waals surface area contributed by atoms with Crippen LogP contribution in [0.25, 0.3) is 0 Å². The van der Waals surface area contributed by atoms with Crippen LogP contribution in [0.2, 0.25) is 0 Å². The van der Waals surface area contributed by atoms with E-state index in [9.17, 15) is 19.8 Å². The number of hydrogen-bond acceptors (Lipinski definition) is 6. The molecule has 0 amide bonds. The first-order chi connectivity index (χ1) is 17.9. The molecule has 8 heteroatoms. The van der Waals surface area contributed by atoms with Crippen LogP contribution < -0.4 is 0 Å². The molecule has 1 aliphatic heterocycles. The van der Waals surface area contributed by atoms with Gasteiger partial charge in [-0.25, -0.2) is 8.78 Å². The number of carbonyl (C=O) groups excluding carboxylic acids is 2. The molecule has 0 bridgehead atoms. The summed E-state index contributed by atoms with van der Waals surface area (Å²) < 4.78 is 46.0. The summed E-state index contributed by atoms with van der Waals surface area (Å²) in [5.74, 6) is -2.73. The van der Waals surface area contributed by atoms with Crippen molar-refractivity contribution in [3.05, 3.63) is 59.7 Å². The summed E-state index contributed by atoms with van der Waals surface area (Å²) in [6.45, 7) is 4.47. The van der Waals surface area contributed by atoms with Crippen LogP contribution in [-0.4, -0.2) is 64.3 Å². The molecule has 2 N–H and O–H groups in total. The Bertz CT molecular complexity index is 1230. The maximum Gasteiger partial charge on any atom is 0.193 e. The van der Waals surface area contributed by atoms with Crippen LogP contribution in [0.4, 0.5) is 8.78 Å². The molecule has 1 aromatic rings. The molecule has 0 spiro atoms. The van der Waals surface area contributed by atoms with E-state index < -0.39 is 76.8 Å². The van der Waals surface area contributed by atoms with E-state index in [-0.39, 0.29) is 30.8 Å². The second kappa shape index (κ2) is 8.37. The fourth-order valence-electron chi connectivity index (χ4n) is 8.73. The van der Waals surface area contributed by atoms with Gasteiger partial charge >= 0.3 is 0 Å². The summed E-state index contributed by atoms with van der Waals surface area (Å²) in [5, 5.41) is 21.6. The van der Waals surface area contributed by atoms with Crippen molar-refractivity contribution in [1.82, 2.24) is 0 Å². The second-order valence-corrected chi connectivity index (χ2v) is 12.2. The van der Waals surface area contributed by atoms with E-state index >= 15 is 8.78 Å². The zero-order valence-electron chi connectivity index (χ0n) is 21.8. The molecule has 1 aromatic carbocycles. The van der Waals surface area contributed by atoms with Gasteiger partial charge in [0.2, 0.25) is 0 Å². The normalized spacial score (nSPS) is 48.0. The van der Waals surface area contributed by atoms with Crippen molar-refractivity contribution >= 4 is 11.6 Å². The third-order valence-electron chi connectivity index (χ3n) is 10.7. The summed E-state index contributed by atoms with van der Waals surface area (Å²) in [6.07, 6.45) is -1.05. The molecule has 11 atom stereocenters. The average molecular weight is 529 g/mol. The van der Waals surface area contributed by atoms with E-state index in [4.69, 9.17) is 9.47 Å². The lowest BCUT2D eigenvalue weighted by molar-refractivity contribution is -0.235. The fraction of sp³-hybridized carbons (Fsp3) is 0.600. The van der Waals surface area contributed by atoms with E-state index in [1.807, 2.05) is 37.3 Å². The van der Waals surface area contributed by atoms with Gasteiger partial charge in [0.1, 0.15) is 12.8 Å². The summed E-state index contributed by atoms with van der Waals surface area (Å²) in [5.41, 5.74) is -5.49. The van der Waals surface area contributed by atoms with Crippen LogP contribution in [0.5, 0.6) is 0 Å². The molecule has 4 aliphatic carbocycles. The number of ketones is 2. The molecule has 0 radical (unpaired) electrons. The van der Waals surface area contributed by atoms with Crippen molar-refractivity contribution in [3.63, 3.8) is 0 Å². The summed E-state index contributed by atoms with van der Waals surface area (Å²) in [4.78, 5) is 25.6. The molecule has 6 rings (SSSR count). The highest BCUT2D eigenvalue weighted by molar-refractivity contribution is 6.01. The number of aliphatic hydroxyl groups is 2. The van der Waals surface area contributed by atoms with Crippen LogP contribution in [-0.2, 0) is 19.1 Å². The van der Waals surface area contributed by atoms with Gasteiger partial charge in [0.05, 0.1) is 12.2 Å². The van der Waals surface area contributed by atoms with Crippen molar-refractivity contribution in [2.75, 3.05) is 6.61 Å². The molecule has 0 aromatic heterocycles. The summed E-state index contributed by atoms with van der Waals surface area (Å²) in [7, 11) is 0. The molecule has 4 fully saturated rings. The predicted molar refractivity (Wildman–Crippen MR) is 133 cm³/mol. The molecular weight excluding hydrogens is 494 g/mol. The summed E-state index contributed by atoms with van der Waals surface area (Å²) in [6, 6.07) is 9.58. The van der Waals surface area contributed by atoms with Gasteiger partial charge in [0, 0.05) is 22.7 Å². The number of rotatable bonds is 4. The van der Waals surface area contributed by atoms with E-state index in [1.165, 1.54) is 12.2 Å². The number of benzene rings is 1. The van der Waals surface area contributed by atoms with Crippen LogP contribution in [0, 0.1) is 22.7 Å². The number of fused-ring (bicyclic) bond motifs is 7. The van der Waals surface area contributed by atoms with Crippen molar-refractivity contribution in [1.29, 1.82) is 0 Å². The minimum absolute atomic E-state index is 0.0509. The van der Waals surface area contributed by atoms with Crippen molar-refractivity contribution in [2.24, 2.45) is 22.7 Å². The zero-order chi connectivity index (χ0) is 27.3. The monoisotopic (exact) mass is 528 g/mol. The predicted octanol–water partition coefficient (Wildman–Crippen LogP) is 3.76. The molecule has 1 unspecified atom stereocenters. The van der Waals surface area contributed by atoms with Gasteiger partial charge in [-0.1, -0.05) is 50.3 Å². The first-order valence-corrected chi connectivity index (χ1v) is 13.4. The molecular formula is C30H34F2O6. The lowest BCUT2D eigenvalue weighted by atomic mass is 9.44. The van der Waals surface area contributed by atoms with E-state index in [2.05, 4.69) is 0 Å². The Morgan fingerprint density at radius 3 is 2.58 bits per heavy atom. The molecule has 204 valence electrons. The smallest absolute Gasteiger partial charge is 0.193 e. The topological polar surface area (TPSA) is 93.1 Å². The number of hydrogen-bond donors (Lipinski definition) is 2. The van der Waals surface area contributed by atoms with Crippen LogP contribution >= 0.6 is 0 Å². The van der Waals surface area contributed by atoms with Gasteiger partial charge in [-0.3, -0.25) is 9.59 Å². The maximum absolute atomic E-state index is 17.4. The number of ether oxygens (including phenoxy) is 2. The van der Waals surface area contributed by atoms with Crippen molar-refractivity contribution in [3.8, 4) is 0 Å². The Balaban J connectivity index is 1.42. The minimum Gasteiger partial charge on any atom is -0.390 e. The van der Waals surface area contributed by atoms with Gasteiger partial charge in [0.25, 0.3) is 0 Å². The number of halogens is 2. The van der Waals surface area contributed by atoms with E-state index in [0.29, 0.717) is 0 Å². The van der Waals surface area contributed by atoms with Gasteiger partial charge in [-0.05, 0) is 55.4 Å². The first kappa shape index (κ1) is 26.0. The quantitative estimate of drug-likeness (QED) is 0.618. The highest BCUT2D eigenvalue weighted by atomic mass is 19.1. The van der Waals surface area contributed by atoms with Crippen LogP contribution in [0.1, 0.15) is 51.5 Å². The Morgan fingerprint density at radius 1 is 1.18 bits per heavy atom. The van der Waals surface area contributed by atoms with Crippen LogP contribution in [0.3, 0.4) is 0 Å². The third kappa shape index (κ3) is 3.00. The number of aliphatic hydroxyl groups excluding tert-OH is 2. The number of alkyl halides is 2. The van der Waals surface area contributed by atoms with E-state index in [1.54, 1.807) is 13.8 Å². The molecule has 5 aliphatic rings. The highest BCUT2D eigenvalue weighted by Crippen LogP contribution is 2.72.